The van der Waals surface area contributed by atoms with E-state index >= 15 is 0 Å². The summed E-state index contributed by atoms with van der Waals surface area (Å²) in [5, 5.41) is 10.7. The smallest absolute Gasteiger partial charge is 0.410 e. The number of hydrogen-bond donors (Lipinski definition) is 0. The van der Waals surface area contributed by atoms with E-state index in [-0.39, 0.29) is 30.8 Å². The third-order valence-electron chi connectivity index (χ3n) is 4.76. The molecule has 2 aromatic carbocycles. The SMILES string of the molecule is COC(=O)[C@@H]1C[C@@H](OC(=O)c2ccc([N+](=O)[O-])cc2)CN1C(=O)OCc1ccccc1. The molecule has 2 aromatic rings. The number of ether oxygens (including phenoxy) is 3. The summed E-state index contributed by atoms with van der Waals surface area (Å²) >= 11 is 0. The molecular weight excluding hydrogens is 408 g/mol. The number of non-ortho nitro benzene ring substituents is 1. The van der Waals surface area contributed by atoms with Gasteiger partial charge in [0, 0.05) is 18.6 Å². The molecule has 1 fully saturated rings. The Morgan fingerprint density at radius 2 is 1.77 bits per heavy atom. The normalized spacial score (nSPS) is 17.6. The van der Waals surface area contributed by atoms with E-state index in [1.165, 1.54) is 36.3 Å². The van der Waals surface area contributed by atoms with E-state index in [0.717, 1.165) is 5.56 Å². The Labute approximate surface area is 177 Å². The maximum Gasteiger partial charge on any atom is 0.410 e. The lowest BCUT2D eigenvalue weighted by molar-refractivity contribution is -0.384. The van der Waals surface area contributed by atoms with Gasteiger partial charge in [0.15, 0.2) is 0 Å². The van der Waals surface area contributed by atoms with Gasteiger partial charge in [-0.1, -0.05) is 30.3 Å². The third kappa shape index (κ3) is 5.35. The van der Waals surface area contributed by atoms with E-state index in [1.54, 1.807) is 12.1 Å². The van der Waals surface area contributed by atoms with Gasteiger partial charge in [-0.05, 0) is 17.7 Å². The number of benzene rings is 2. The highest BCUT2D eigenvalue weighted by Crippen LogP contribution is 2.24. The molecule has 1 aliphatic rings. The quantitative estimate of drug-likeness (QED) is 0.298. The lowest BCUT2D eigenvalue weighted by atomic mass is 10.2. The van der Waals surface area contributed by atoms with Crippen molar-refractivity contribution in [2.45, 2.75) is 25.2 Å². The second-order valence-electron chi connectivity index (χ2n) is 6.80. The molecule has 3 rings (SSSR count). The van der Waals surface area contributed by atoms with Crippen molar-refractivity contribution in [1.82, 2.24) is 4.90 Å². The van der Waals surface area contributed by atoms with Crippen LogP contribution in [0.2, 0.25) is 0 Å². The molecule has 2 atom stereocenters. The molecule has 162 valence electrons. The zero-order valence-corrected chi connectivity index (χ0v) is 16.6. The van der Waals surface area contributed by atoms with Crippen molar-refractivity contribution in [2.75, 3.05) is 13.7 Å². The number of amides is 1. The molecule has 0 aliphatic carbocycles. The maximum absolute atomic E-state index is 12.5. The predicted molar refractivity (Wildman–Crippen MR) is 106 cm³/mol. The highest BCUT2D eigenvalue weighted by Gasteiger charge is 2.43. The van der Waals surface area contributed by atoms with Crippen LogP contribution in [-0.4, -0.2) is 53.7 Å². The Kier molecular flexibility index (Phi) is 6.81. The zero-order chi connectivity index (χ0) is 22.4. The van der Waals surface area contributed by atoms with Crippen molar-refractivity contribution < 1.29 is 33.5 Å². The van der Waals surface area contributed by atoms with Gasteiger partial charge in [0.25, 0.3) is 5.69 Å². The lowest BCUT2D eigenvalue weighted by Gasteiger charge is -2.21. The Morgan fingerprint density at radius 1 is 1.10 bits per heavy atom. The first kappa shape index (κ1) is 21.8. The third-order valence-corrected chi connectivity index (χ3v) is 4.76. The van der Waals surface area contributed by atoms with Crippen LogP contribution in [0.3, 0.4) is 0 Å². The molecule has 31 heavy (non-hydrogen) atoms. The van der Waals surface area contributed by atoms with Gasteiger partial charge >= 0.3 is 18.0 Å². The lowest BCUT2D eigenvalue weighted by Crippen LogP contribution is -2.41. The largest absolute Gasteiger partial charge is 0.467 e. The molecule has 1 saturated heterocycles. The number of esters is 2. The van der Waals surface area contributed by atoms with Gasteiger partial charge in [0.1, 0.15) is 18.8 Å². The number of methoxy groups -OCH3 is 1. The Morgan fingerprint density at radius 3 is 2.39 bits per heavy atom. The van der Waals surface area contributed by atoms with Gasteiger partial charge in [0.2, 0.25) is 0 Å². The molecular formula is C21H20N2O8. The molecule has 10 nitrogen and oxygen atoms in total. The average molecular weight is 428 g/mol. The van der Waals surface area contributed by atoms with E-state index in [9.17, 15) is 24.5 Å². The van der Waals surface area contributed by atoms with E-state index in [2.05, 4.69) is 0 Å². The number of hydrogen-bond acceptors (Lipinski definition) is 8. The van der Waals surface area contributed by atoms with Crippen LogP contribution in [0.15, 0.2) is 54.6 Å². The van der Waals surface area contributed by atoms with Crippen LogP contribution < -0.4 is 0 Å². The summed E-state index contributed by atoms with van der Waals surface area (Å²) in [6.45, 7) is -0.0244. The van der Waals surface area contributed by atoms with Crippen molar-refractivity contribution in [1.29, 1.82) is 0 Å². The van der Waals surface area contributed by atoms with Gasteiger partial charge in [0.05, 0.1) is 24.1 Å². The summed E-state index contributed by atoms with van der Waals surface area (Å²) in [4.78, 5) is 48.4. The van der Waals surface area contributed by atoms with Crippen molar-refractivity contribution >= 4 is 23.7 Å². The van der Waals surface area contributed by atoms with E-state index in [1.807, 2.05) is 18.2 Å². The van der Waals surface area contributed by atoms with E-state index in [0.29, 0.717) is 0 Å². The van der Waals surface area contributed by atoms with Gasteiger partial charge < -0.3 is 14.2 Å². The number of nitro groups is 1. The molecule has 0 spiro atoms. The first-order valence-corrected chi connectivity index (χ1v) is 9.39. The fraction of sp³-hybridized carbons (Fsp3) is 0.286. The zero-order valence-electron chi connectivity index (χ0n) is 16.6. The second-order valence-corrected chi connectivity index (χ2v) is 6.80. The van der Waals surface area contributed by atoms with Crippen LogP contribution in [0, 0.1) is 10.1 Å². The van der Waals surface area contributed by atoms with Crippen LogP contribution >= 0.6 is 0 Å². The van der Waals surface area contributed by atoms with E-state index in [4.69, 9.17) is 14.2 Å². The molecule has 1 amide bonds. The van der Waals surface area contributed by atoms with Crippen molar-refractivity contribution in [3.05, 3.63) is 75.8 Å². The highest BCUT2D eigenvalue weighted by atomic mass is 16.6. The number of carbonyl (C=O) groups excluding carboxylic acids is 3. The summed E-state index contributed by atoms with van der Waals surface area (Å²) in [7, 11) is 1.20. The first-order valence-electron chi connectivity index (χ1n) is 9.39. The number of nitro benzene ring substituents is 1. The van der Waals surface area contributed by atoms with Crippen molar-refractivity contribution in [2.24, 2.45) is 0 Å². The molecule has 0 radical (unpaired) electrons. The Balaban J connectivity index is 1.64. The molecule has 10 heteroatoms. The summed E-state index contributed by atoms with van der Waals surface area (Å²) < 4.78 is 15.4. The molecule has 1 heterocycles. The maximum atomic E-state index is 12.5. The molecule has 0 aromatic heterocycles. The van der Waals surface area contributed by atoms with Crippen LogP contribution in [0.4, 0.5) is 10.5 Å². The molecule has 0 unspecified atom stereocenters. The molecule has 0 N–H and O–H groups in total. The van der Waals surface area contributed by atoms with Gasteiger partial charge in [-0.3, -0.25) is 15.0 Å². The van der Waals surface area contributed by atoms with Crippen LogP contribution in [-0.2, 0) is 25.6 Å². The highest BCUT2D eigenvalue weighted by molar-refractivity contribution is 5.90. The number of rotatable bonds is 6. The minimum Gasteiger partial charge on any atom is -0.467 e. The fourth-order valence-electron chi connectivity index (χ4n) is 3.18. The summed E-state index contributed by atoms with van der Waals surface area (Å²) in [6.07, 6.45) is -1.45. The molecule has 1 aliphatic heterocycles. The second kappa shape index (κ2) is 9.70. The Hall–Kier alpha value is -3.95. The van der Waals surface area contributed by atoms with E-state index < -0.39 is 35.1 Å². The predicted octanol–water partition coefficient (Wildman–Crippen LogP) is 2.70. The van der Waals surface area contributed by atoms with Gasteiger partial charge in [-0.2, -0.15) is 0 Å². The number of nitrogens with zero attached hydrogens (tertiary/aromatic N) is 2. The first-order chi connectivity index (χ1) is 14.9. The summed E-state index contributed by atoms with van der Waals surface area (Å²) in [6, 6.07) is 13.0. The van der Waals surface area contributed by atoms with Crippen molar-refractivity contribution in [3.8, 4) is 0 Å². The minimum atomic E-state index is -0.956. The molecule has 0 bridgehead atoms. The summed E-state index contributed by atoms with van der Waals surface area (Å²) in [5.74, 6) is -1.37. The number of carbonyl (C=O) groups is 3. The van der Waals surface area contributed by atoms with Crippen LogP contribution in [0.5, 0.6) is 0 Å². The number of likely N-dealkylation sites (tertiary alicyclic amines) is 1. The summed E-state index contributed by atoms with van der Waals surface area (Å²) in [5.41, 5.74) is 0.742. The standard InChI is InChI=1S/C21H20N2O8/c1-29-20(25)18-11-17(31-19(24)15-7-9-16(10-8-15)23(27)28)12-22(18)21(26)30-13-14-5-3-2-4-6-14/h2-10,17-18H,11-13H2,1H3/t17-,18+/m1/s1. The van der Waals surface area contributed by atoms with Crippen LogP contribution in [0.25, 0.3) is 0 Å². The van der Waals surface area contributed by atoms with Gasteiger partial charge in [-0.15, -0.1) is 0 Å². The van der Waals surface area contributed by atoms with Gasteiger partial charge in [-0.25, -0.2) is 14.4 Å². The Bertz CT molecular complexity index is 961. The fourth-order valence-corrected chi connectivity index (χ4v) is 3.18. The van der Waals surface area contributed by atoms with Crippen molar-refractivity contribution in [3.63, 3.8) is 0 Å². The monoisotopic (exact) mass is 428 g/mol. The topological polar surface area (TPSA) is 125 Å². The molecule has 0 saturated carbocycles. The van der Waals surface area contributed by atoms with Crippen LogP contribution in [0.1, 0.15) is 22.3 Å². The minimum absolute atomic E-state index is 0.0251. The average Bonchev–Trinajstić information content (AvgIpc) is 3.21.